The molecule has 0 amide bonds. The molecule has 1 fully saturated rings. The summed E-state index contributed by atoms with van der Waals surface area (Å²) >= 11 is 0. The molecule has 3 nitrogen and oxygen atoms in total. The minimum atomic E-state index is -0.967. The van der Waals surface area contributed by atoms with Crippen molar-refractivity contribution in [3.8, 4) is 0 Å². The number of benzene rings is 2. The third-order valence-corrected chi connectivity index (χ3v) is 4.64. The van der Waals surface area contributed by atoms with E-state index >= 15 is 0 Å². The van der Waals surface area contributed by atoms with Crippen molar-refractivity contribution in [1.29, 1.82) is 0 Å². The van der Waals surface area contributed by atoms with E-state index in [4.69, 9.17) is 9.47 Å². The lowest BCUT2D eigenvalue weighted by molar-refractivity contribution is -0.121. The van der Waals surface area contributed by atoms with Crippen molar-refractivity contribution < 1.29 is 14.6 Å². The quantitative estimate of drug-likeness (QED) is 0.752. The van der Waals surface area contributed by atoms with Crippen LogP contribution in [0.5, 0.6) is 0 Å². The first kappa shape index (κ1) is 16.9. The van der Waals surface area contributed by atoms with Crippen LogP contribution in [0.4, 0.5) is 0 Å². The number of rotatable bonds is 8. The maximum absolute atomic E-state index is 10.8. The van der Waals surface area contributed by atoms with E-state index in [1.54, 1.807) is 0 Å². The van der Waals surface area contributed by atoms with Crippen LogP contribution in [0.15, 0.2) is 72.8 Å². The second-order valence-corrected chi connectivity index (χ2v) is 6.41. The average Bonchev–Trinajstić information content (AvgIpc) is 2.63. The highest BCUT2D eigenvalue weighted by Gasteiger charge is 2.49. The van der Waals surface area contributed by atoms with E-state index in [0.717, 1.165) is 23.1 Å². The summed E-state index contributed by atoms with van der Waals surface area (Å²) in [7, 11) is 0. The van der Waals surface area contributed by atoms with E-state index in [1.807, 2.05) is 60.7 Å². The van der Waals surface area contributed by atoms with E-state index in [0.29, 0.717) is 19.8 Å². The van der Waals surface area contributed by atoms with Gasteiger partial charge in [-0.25, -0.2) is 0 Å². The van der Waals surface area contributed by atoms with Crippen LogP contribution in [0.1, 0.15) is 17.5 Å². The van der Waals surface area contributed by atoms with Crippen LogP contribution in [0, 0.1) is 5.92 Å². The molecule has 24 heavy (non-hydrogen) atoms. The highest BCUT2D eigenvalue weighted by Crippen LogP contribution is 2.43. The molecular formula is C21H24O3. The molecule has 0 radical (unpaired) electrons. The van der Waals surface area contributed by atoms with Gasteiger partial charge in [0.1, 0.15) is 5.60 Å². The molecule has 126 valence electrons. The Morgan fingerprint density at radius 1 is 0.917 bits per heavy atom. The molecule has 3 heteroatoms. The summed E-state index contributed by atoms with van der Waals surface area (Å²) in [6, 6.07) is 20.0. The Hall–Kier alpha value is -1.94. The fourth-order valence-electron chi connectivity index (χ4n) is 3.01. The summed E-state index contributed by atoms with van der Waals surface area (Å²) in [4.78, 5) is 0. The van der Waals surface area contributed by atoms with Crippen molar-refractivity contribution in [2.45, 2.75) is 25.2 Å². The van der Waals surface area contributed by atoms with Gasteiger partial charge >= 0.3 is 0 Å². The monoisotopic (exact) mass is 324 g/mol. The third kappa shape index (κ3) is 3.93. The average molecular weight is 324 g/mol. The van der Waals surface area contributed by atoms with Crippen LogP contribution >= 0.6 is 0 Å². The van der Waals surface area contributed by atoms with Gasteiger partial charge in [-0.3, -0.25) is 0 Å². The first-order valence-electron chi connectivity index (χ1n) is 8.32. The molecule has 1 N–H and O–H groups in total. The first-order chi connectivity index (χ1) is 11.7. The van der Waals surface area contributed by atoms with E-state index in [9.17, 15) is 5.11 Å². The van der Waals surface area contributed by atoms with Gasteiger partial charge in [-0.2, -0.15) is 0 Å². The largest absolute Gasteiger partial charge is 0.383 e. The molecule has 0 spiro atoms. The molecule has 2 aromatic rings. The Bertz CT molecular complexity index is 653. The van der Waals surface area contributed by atoms with Gasteiger partial charge in [-0.05, 0) is 23.1 Å². The van der Waals surface area contributed by atoms with E-state index in [-0.39, 0.29) is 12.5 Å². The molecule has 1 aliphatic rings. The van der Waals surface area contributed by atoms with Crippen molar-refractivity contribution in [3.63, 3.8) is 0 Å². The maximum Gasteiger partial charge on any atom is 0.114 e. The van der Waals surface area contributed by atoms with Crippen molar-refractivity contribution in [2.75, 3.05) is 13.2 Å². The topological polar surface area (TPSA) is 38.7 Å². The van der Waals surface area contributed by atoms with Crippen LogP contribution in [-0.2, 0) is 22.7 Å². The van der Waals surface area contributed by atoms with Gasteiger partial charge in [-0.1, -0.05) is 67.2 Å². The number of aliphatic hydroxyl groups is 1. The Labute approximate surface area is 143 Å². The fraction of sp³-hybridized carbons (Fsp3) is 0.333. The van der Waals surface area contributed by atoms with Crippen LogP contribution in [-0.4, -0.2) is 23.9 Å². The lowest BCUT2D eigenvalue weighted by atomic mass is 9.66. The van der Waals surface area contributed by atoms with Crippen molar-refractivity contribution in [2.24, 2.45) is 5.92 Å². The minimum absolute atomic E-state index is 0.0458. The molecule has 1 saturated carbocycles. The number of hydrogen-bond acceptors (Lipinski definition) is 3. The first-order valence-corrected chi connectivity index (χ1v) is 8.32. The lowest BCUT2D eigenvalue weighted by Gasteiger charge is -2.47. The van der Waals surface area contributed by atoms with Crippen molar-refractivity contribution >= 4 is 0 Å². The van der Waals surface area contributed by atoms with Crippen LogP contribution in [0.2, 0.25) is 0 Å². The zero-order valence-electron chi connectivity index (χ0n) is 13.9. The Morgan fingerprint density at radius 2 is 1.46 bits per heavy atom. The van der Waals surface area contributed by atoms with E-state index in [1.165, 1.54) is 0 Å². The normalized spacial score (nSPS) is 23.0. The smallest absolute Gasteiger partial charge is 0.114 e. The molecule has 2 atom stereocenters. The predicted molar refractivity (Wildman–Crippen MR) is 94.4 cm³/mol. The Balaban J connectivity index is 1.45. The van der Waals surface area contributed by atoms with Crippen molar-refractivity contribution in [1.82, 2.24) is 0 Å². The summed E-state index contributed by atoms with van der Waals surface area (Å²) in [6.45, 7) is 5.80. The third-order valence-electron chi connectivity index (χ3n) is 4.64. The Morgan fingerprint density at radius 3 is 2.00 bits per heavy atom. The van der Waals surface area contributed by atoms with Gasteiger partial charge in [0.05, 0.1) is 26.4 Å². The highest BCUT2D eigenvalue weighted by atomic mass is 16.5. The Kier molecular flexibility index (Phi) is 5.46. The molecule has 3 rings (SSSR count). The van der Waals surface area contributed by atoms with Gasteiger partial charge in [0.25, 0.3) is 0 Å². The van der Waals surface area contributed by atoms with Crippen LogP contribution in [0.25, 0.3) is 0 Å². The predicted octanol–water partition coefficient (Wildman–Crippen LogP) is 3.73. The molecule has 1 aliphatic carbocycles. The van der Waals surface area contributed by atoms with E-state index in [2.05, 4.69) is 6.58 Å². The molecule has 0 saturated heterocycles. The van der Waals surface area contributed by atoms with Crippen LogP contribution < -0.4 is 0 Å². The minimum Gasteiger partial charge on any atom is -0.383 e. The fourth-order valence-corrected chi connectivity index (χ4v) is 3.01. The van der Waals surface area contributed by atoms with E-state index < -0.39 is 5.60 Å². The highest BCUT2D eigenvalue weighted by molar-refractivity contribution is 5.26. The molecule has 0 aromatic heterocycles. The summed E-state index contributed by atoms with van der Waals surface area (Å²) in [5.41, 5.74) is 2.11. The van der Waals surface area contributed by atoms with Crippen molar-refractivity contribution in [3.05, 3.63) is 83.9 Å². The summed E-state index contributed by atoms with van der Waals surface area (Å²) in [5.74, 6) is 0.0458. The molecule has 2 unspecified atom stereocenters. The standard InChI is InChI=1S/C21H24O3/c1-17-12-20(15-23-13-18-8-4-2-5-9-18)21(17,22)16-24-14-19-10-6-3-7-11-19/h2-11,20,22H,1,12-16H2. The second-order valence-electron chi connectivity index (χ2n) is 6.41. The number of ether oxygens (including phenoxy) is 2. The molecule has 2 aromatic carbocycles. The van der Waals surface area contributed by atoms with Gasteiger partial charge in [0, 0.05) is 5.92 Å². The second kappa shape index (κ2) is 7.75. The lowest BCUT2D eigenvalue weighted by Crippen LogP contribution is -2.54. The summed E-state index contributed by atoms with van der Waals surface area (Å²) < 4.78 is 11.5. The molecule has 0 aliphatic heterocycles. The molecule has 0 heterocycles. The summed E-state index contributed by atoms with van der Waals surface area (Å²) in [5, 5.41) is 10.8. The van der Waals surface area contributed by atoms with Crippen LogP contribution in [0.3, 0.4) is 0 Å². The number of hydrogen-bond donors (Lipinski definition) is 1. The maximum atomic E-state index is 10.8. The van der Waals surface area contributed by atoms with Gasteiger partial charge in [-0.15, -0.1) is 0 Å². The molecule has 0 bridgehead atoms. The van der Waals surface area contributed by atoms with Gasteiger partial charge < -0.3 is 14.6 Å². The zero-order valence-corrected chi connectivity index (χ0v) is 13.9. The summed E-state index contributed by atoms with van der Waals surface area (Å²) in [6.07, 6.45) is 0.792. The zero-order chi connectivity index (χ0) is 16.8. The van der Waals surface area contributed by atoms with Gasteiger partial charge in [0.2, 0.25) is 0 Å². The van der Waals surface area contributed by atoms with Gasteiger partial charge in [0.15, 0.2) is 0 Å². The molecular weight excluding hydrogens is 300 g/mol. The SMILES string of the molecule is C=C1CC(COCc2ccccc2)C1(O)COCc1ccccc1.